The fourth-order valence-electron chi connectivity index (χ4n) is 3.20. The Hall–Kier alpha value is -3.82. The number of aromatic nitrogens is 1. The summed E-state index contributed by atoms with van der Waals surface area (Å²) in [4.78, 5) is 28.8. The van der Waals surface area contributed by atoms with Crippen molar-refractivity contribution in [3.8, 4) is 5.75 Å². The number of thiophene rings is 1. The van der Waals surface area contributed by atoms with Crippen molar-refractivity contribution in [3.05, 3.63) is 88.8 Å². The number of hydrogen-bond acceptors (Lipinski definition) is 6. The van der Waals surface area contributed by atoms with Crippen molar-refractivity contribution in [1.29, 1.82) is 0 Å². The number of amides is 2. The zero-order chi connectivity index (χ0) is 23.2. The molecule has 0 atom stereocenters. The van der Waals surface area contributed by atoms with Crippen molar-refractivity contribution in [3.63, 3.8) is 0 Å². The number of hydrogen-bond donors (Lipinski definition) is 3. The average molecular weight is 466 g/mol. The van der Waals surface area contributed by atoms with Crippen LogP contribution < -0.4 is 15.4 Å². The van der Waals surface area contributed by atoms with Crippen molar-refractivity contribution in [2.75, 3.05) is 18.5 Å². The van der Waals surface area contributed by atoms with E-state index in [4.69, 9.17) is 9.84 Å². The third kappa shape index (κ3) is 5.16. The fraction of sp³-hybridized carbons (Fsp3) is 0.125. The van der Waals surface area contributed by atoms with Gasteiger partial charge in [0.2, 0.25) is 0 Å². The van der Waals surface area contributed by atoms with Crippen LogP contribution in [-0.2, 0) is 6.61 Å². The van der Waals surface area contributed by atoms with E-state index in [-0.39, 0.29) is 31.2 Å². The van der Waals surface area contributed by atoms with Crippen molar-refractivity contribution in [2.45, 2.75) is 6.61 Å². The molecule has 2 aromatic heterocycles. The second-order valence-corrected chi connectivity index (χ2v) is 7.93. The lowest BCUT2D eigenvalue weighted by atomic mass is 10.1. The molecular formula is C24H20FN3O4S. The summed E-state index contributed by atoms with van der Waals surface area (Å²) in [6, 6.07) is 12.6. The first-order chi connectivity index (χ1) is 16.1. The largest absolute Gasteiger partial charge is 0.489 e. The summed E-state index contributed by atoms with van der Waals surface area (Å²) >= 11 is 1.41. The van der Waals surface area contributed by atoms with Crippen LogP contribution in [0.1, 0.15) is 26.3 Å². The van der Waals surface area contributed by atoms with Crippen molar-refractivity contribution >= 4 is 38.9 Å². The maximum absolute atomic E-state index is 13.8. The molecule has 9 heteroatoms. The van der Waals surface area contributed by atoms with Crippen molar-refractivity contribution < 1.29 is 23.8 Å². The highest BCUT2D eigenvalue weighted by Gasteiger charge is 2.15. The SMILES string of the molecule is O=C(Nc1cccc(OCc2csc3c(C(=O)NCCO)cncc23)c1)c1ccccc1F. The van der Waals surface area contributed by atoms with Gasteiger partial charge in [-0.05, 0) is 29.6 Å². The summed E-state index contributed by atoms with van der Waals surface area (Å²) in [5.41, 5.74) is 1.73. The number of carbonyl (C=O) groups excluding carboxylic acids is 2. The van der Waals surface area contributed by atoms with Crippen LogP contribution in [0.2, 0.25) is 0 Å². The van der Waals surface area contributed by atoms with Gasteiger partial charge < -0.3 is 20.5 Å². The number of aliphatic hydroxyl groups excluding tert-OH is 1. The number of halogens is 1. The molecule has 0 radical (unpaired) electrons. The monoisotopic (exact) mass is 465 g/mol. The van der Waals surface area contributed by atoms with Gasteiger partial charge in [-0.15, -0.1) is 11.3 Å². The number of nitrogens with one attached hydrogen (secondary N) is 2. The Morgan fingerprint density at radius 2 is 1.91 bits per heavy atom. The molecule has 2 heterocycles. The van der Waals surface area contributed by atoms with Gasteiger partial charge in [0, 0.05) is 41.6 Å². The zero-order valence-corrected chi connectivity index (χ0v) is 18.2. The predicted octanol–water partition coefficient (Wildman–Crippen LogP) is 3.99. The third-order valence-corrected chi connectivity index (χ3v) is 5.89. The smallest absolute Gasteiger partial charge is 0.258 e. The summed E-state index contributed by atoms with van der Waals surface area (Å²) < 4.78 is 20.5. The molecule has 0 fully saturated rings. The van der Waals surface area contributed by atoms with Crippen molar-refractivity contribution in [2.24, 2.45) is 0 Å². The Balaban J connectivity index is 1.46. The lowest BCUT2D eigenvalue weighted by Gasteiger charge is -2.10. The zero-order valence-electron chi connectivity index (χ0n) is 17.4. The molecular weight excluding hydrogens is 445 g/mol. The van der Waals surface area contributed by atoms with E-state index in [0.717, 1.165) is 15.6 Å². The fourth-order valence-corrected chi connectivity index (χ4v) is 4.24. The molecule has 4 aromatic rings. The number of fused-ring (bicyclic) bond motifs is 1. The Morgan fingerprint density at radius 1 is 1.06 bits per heavy atom. The van der Waals surface area contributed by atoms with E-state index in [1.54, 1.807) is 36.5 Å². The van der Waals surface area contributed by atoms with Crippen LogP contribution in [0.15, 0.2) is 66.3 Å². The van der Waals surface area contributed by atoms with Crippen LogP contribution in [0, 0.1) is 5.82 Å². The maximum atomic E-state index is 13.8. The lowest BCUT2D eigenvalue weighted by molar-refractivity contribution is 0.0945. The molecule has 0 bridgehead atoms. The number of pyridine rings is 1. The highest BCUT2D eigenvalue weighted by Crippen LogP contribution is 2.29. The Labute approximate surface area is 192 Å². The Morgan fingerprint density at radius 3 is 2.73 bits per heavy atom. The first-order valence-electron chi connectivity index (χ1n) is 10.1. The highest BCUT2D eigenvalue weighted by molar-refractivity contribution is 7.17. The van der Waals surface area contributed by atoms with Crippen LogP contribution in [0.3, 0.4) is 0 Å². The third-order valence-electron chi connectivity index (χ3n) is 4.81. The van der Waals surface area contributed by atoms with E-state index in [2.05, 4.69) is 15.6 Å². The summed E-state index contributed by atoms with van der Waals surface area (Å²) in [6.07, 6.45) is 3.18. The van der Waals surface area contributed by atoms with E-state index in [1.807, 2.05) is 5.38 Å². The predicted molar refractivity (Wildman–Crippen MR) is 124 cm³/mol. The molecule has 0 unspecified atom stereocenters. The van der Waals surface area contributed by atoms with E-state index in [0.29, 0.717) is 17.0 Å². The minimum absolute atomic E-state index is 0.0418. The van der Waals surface area contributed by atoms with Gasteiger partial charge in [-0.2, -0.15) is 0 Å². The van der Waals surface area contributed by atoms with Gasteiger partial charge in [-0.1, -0.05) is 18.2 Å². The summed E-state index contributed by atoms with van der Waals surface area (Å²) in [5, 5.41) is 16.9. The first kappa shape index (κ1) is 22.4. The second kappa shape index (κ2) is 10.2. The van der Waals surface area contributed by atoms with Crippen LogP contribution >= 0.6 is 11.3 Å². The summed E-state index contributed by atoms with van der Waals surface area (Å²) in [6.45, 7) is 0.257. The number of anilines is 1. The molecule has 0 spiro atoms. The average Bonchev–Trinajstić information content (AvgIpc) is 3.25. The van der Waals surface area contributed by atoms with Gasteiger partial charge in [0.1, 0.15) is 18.2 Å². The van der Waals surface area contributed by atoms with Gasteiger partial charge in [-0.3, -0.25) is 14.6 Å². The highest BCUT2D eigenvalue weighted by atomic mass is 32.1. The van der Waals surface area contributed by atoms with E-state index < -0.39 is 11.7 Å². The number of nitrogens with zero attached hydrogens (tertiary/aromatic N) is 1. The van der Waals surface area contributed by atoms with Gasteiger partial charge >= 0.3 is 0 Å². The molecule has 2 amide bonds. The molecule has 4 rings (SSSR count). The van der Waals surface area contributed by atoms with Crippen LogP contribution in [0.25, 0.3) is 10.1 Å². The number of carbonyl (C=O) groups is 2. The molecule has 0 saturated heterocycles. The Kier molecular flexibility index (Phi) is 6.92. The van der Waals surface area contributed by atoms with Gasteiger partial charge in [0.15, 0.2) is 0 Å². The number of ether oxygens (including phenoxy) is 1. The van der Waals surface area contributed by atoms with Gasteiger partial charge in [0.25, 0.3) is 11.8 Å². The van der Waals surface area contributed by atoms with Gasteiger partial charge in [-0.25, -0.2) is 4.39 Å². The summed E-state index contributed by atoms with van der Waals surface area (Å²) in [7, 11) is 0. The van der Waals surface area contributed by atoms with Gasteiger partial charge in [0.05, 0.1) is 22.4 Å². The number of rotatable bonds is 8. The molecule has 7 nitrogen and oxygen atoms in total. The second-order valence-electron chi connectivity index (χ2n) is 7.05. The molecule has 0 aliphatic heterocycles. The molecule has 0 aliphatic rings. The topological polar surface area (TPSA) is 101 Å². The minimum Gasteiger partial charge on any atom is -0.489 e. The molecule has 2 aromatic carbocycles. The number of benzene rings is 2. The van der Waals surface area contributed by atoms with E-state index in [1.165, 1.54) is 35.7 Å². The maximum Gasteiger partial charge on any atom is 0.258 e. The van der Waals surface area contributed by atoms with Crippen molar-refractivity contribution in [1.82, 2.24) is 10.3 Å². The van der Waals surface area contributed by atoms with Crippen LogP contribution in [0.4, 0.5) is 10.1 Å². The first-order valence-corrected chi connectivity index (χ1v) is 11.0. The van der Waals surface area contributed by atoms with E-state index in [9.17, 15) is 14.0 Å². The number of aliphatic hydroxyl groups is 1. The quantitative estimate of drug-likeness (QED) is 0.365. The molecule has 33 heavy (non-hydrogen) atoms. The molecule has 3 N–H and O–H groups in total. The van der Waals surface area contributed by atoms with Crippen LogP contribution in [-0.4, -0.2) is 35.1 Å². The molecule has 168 valence electrons. The van der Waals surface area contributed by atoms with E-state index >= 15 is 0 Å². The standard InChI is InChI=1S/C24H20FN3O4S/c25-21-7-2-1-6-18(21)24(31)28-16-4-3-5-17(10-16)32-13-15-14-33-22-19(15)11-26-12-20(22)23(30)27-8-9-29/h1-7,10-12,14,29H,8-9,13H2,(H,27,30)(H,28,31). The van der Waals surface area contributed by atoms with Crippen LogP contribution in [0.5, 0.6) is 5.75 Å². The molecule has 0 aliphatic carbocycles. The summed E-state index contributed by atoms with van der Waals surface area (Å²) in [5.74, 6) is -0.919. The minimum atomic E-state index is -0.593. The normalized spacial score (nSPS) is 10.7. The molecule has 0 saturated carbocycles. The lowest BCUT2D eigenvalue weighted by Crippen LogP contribution is -2.26. The Bertz CT molecular complexity index is 1310.